The van der Waals surface area contributed by atoms with E-state index >= 15 is 0 Å². The fraction of sp³-hybridized carbons (Fsp3) is 0.353. The standard InChI is InChI=1S/C17H19N3O/c1-12-10-19-15(11-18-12)17(21)20(2)16-9-5-7-13-6-3-4-8-14(13)16/h3-4,6,8,10-11,16H,5,7,9H2,1-2H3. The Kier molecular flexibility index (Phi) is 3.69. The van der Waals surface area contributed by atoms with Crippen molar-refractivity contribution in [1.82, 2.24) is 14.9 Å². The van der Waals surface area contributed by atoms with Crippen LogP contribution in [-0.4, -0.2) is 27.8 Å². The number of carbonyl (C=O) groups is 1. The van der Waals surface area contributed by atoms with Crippen molar-refractivity contribution in [3.05, 3.63) is 59.2 Å². The van der Waals surface area contributed by atoms with Gasteiger partial charge < -0.3 is 4.90 Å². The predicted octanol–water partition coefficient (Wildman–Crippen LogP) is 2.93. The van der Waals surface area contributed by atoms with Crippen molar-refractivity contribution >= 4 is 5.91 Å². The number of benzene rings is 1. The highest BCUT2D eigenvalue weighted by atomic mass is 16.2. The molecule has 2 aromatic rings. The van der Waals surface area contributed by atoms with Crippen molar-refractivity contribution in [3.8, 4) is 0 Å². The summed E-state index contributed by atoms with van der Waals surface area (Å²) in [6.07, 6.45) is 6.40. The minimum Gasteiger partial charge on any atom is -0.333 e. The van der Waals surface area contributed by atoms with E-state index in [1.165, 1.54) is 11.1 Å². The summed E-state index contributed by atoms with van der Waals surface area (Å²) in [4.78, 5) is 22.7. The first-order valence-corrected chi connectivity index (χ1v) is 7.30. The molecular formula is C17H19N3O. The van der Waals surface area contributed by atoms with Crippen LogP contribution in [0.15, 0.2) is 36.7 Å². The minimum absolute atomic E-state index is 0.0656. The molecule has 1 unspecified atom stereocenters. The maximum Gasteiger partial charge on any atom is 0.274 e. The second kappa shape index (κ2) is 5.64. The Labute approximate surface area is 124 Å². The first-order valence-electron chi connectivity index (χ1n) is 7.30. The Morgan fingerprint density at radius 3 is 2.81 bits per heavy atom. The number of nitrogens with zero attached hydrogens (tertiary/aromatic N) is 3. The molecule has 1 aliphatic rings. The highest BCUT2D eigenvalue weighted by Crippen LogP contribution is 2.33. The van der Waals surface area contributed by atoms with E-state index in [-0.39, 0.29) is 11.9 Å². The van der Waals surface area contributed by atoms with E-state index in [9.17, 15) is 4.79 Å². The molecule has 4 nitrogen and oxygen atoms in total. The smallest absolute Gasteiger partial charge is 0.274 e. The van der Waals surface area contributed by atoms with Gasteiger partial charge in [0, 0.05) is 13.2 Å². The average Bonchev–Trinajstić information content (AvgIpc) is 2.53. The topological polar surface area (TPSA) is 46.1 Å². The lowest BCUT2D eigenvalue weighted by Gasteiger charge is -2.33. The number of aryl methyl sites for hydroxylation is 2. The van der Waals surface area contributed by atoms with Crippen molar-refractivity contribution in [2.24, 2.45) is 0 Å². The highest BCUT2D eigenvalue weighted by molar-refractivity contribution is 5.92. The first kappa shape index (κ1) is 13.7. The van der Waals surface area contributed by atoms with Gasteiger partial charge >= 0.3 is 0 Å². The van der Waals surface area contributed by atoms with Crippen LogP contribution < -0.4 is 0 Å². The van der Waals surface area contributed by atoms with Crippen molar-refractivity contribution in [2.75, 3.05) is 7.05 Å². The fourth-order valence-electron chi connectivity index (χ4n) is 2.96. The molecule has 0 bridgehead atoms. The predicted molar refractivity (Wildman–Crippen MR) is 81.0 cm³/mol. The molecule has 0 aliphatic heterocycles. The molecule has 1 atom stereocenters. The van der Waals surface area contributed by atoms with Gasteiger partial charge in [-0.1, -0.05) is 24.3 Å². The summed E-state index contributed by atoms with van der Waals surface area (Å²) < 4.78 is 0. The van der Waals surface area contributed by atoms with E-state index in [1.54, 1.807) is 17.3 Å². The summed E-state index contributed by atoms with van der Waals surface area (Å²) in [7, 11) is 1.86. The molecule has 0 N–H and O–H groups in total. The van der Waals surface area contributed by atoms with Crippen LogP contribution in [0, 0.1) is 6.92 Å². The zero-order chi connectivity index (χ0) is 14.8. The number of hydrogen-bond acceptors (Lipinski definition) is 3. The van der Waals surface area contributed by atoms with Gasteiger partial charge in [0.05, 0.1) is 17.9 Å². The molecule has 0 saturated carbocycles. The van der Waals surface area contributed by atoms with Gasteiger partial charge in [-0.05, 0) is 37.3 Å². The normalized spacial score (nSPS) is 17.1. The number of aromatic nitrogens is 2. The summed E-state index contributed by atoms with van der Waals surface area (Å²) in [6, 6.07) is 8.52. The van der Waals surface area contributed by atoms with Gasteiger partial charge in [-0.15, -0.1) is 0 Å². The van der Waals surface area contributed by atoms with Gasteiger partial charge in [-0.2, -0.15) is 0 Å². The lowest BCUT2D eigenvalue weighted by Crippen LogP contribution is -2.33. The number of hydrogen-bond donors (Lipinski definition) is 0. The van der Waals surface area contributed by atoms with Gasteiger partial charge in [0.15, 0.2) is 0 Å². The Morgan fingerprint density at radius 1 is 1.24 bits per heavy atom. The van der Waals surface area contributed by atoms with Crippen molar-refractivity contribution in [2.45, 2.75) is 32.2 Å². The largest absolute Gasteiger partial charge is 0.333 e. The molecule has 1 aliphatic carbocycles. The van der Waals surface area contributed by atoms with E-state index < -0.39 is 0 Å². The van der Waals surface area contributed by atoms with Crippen LogP contribution in [0.4, 0.5) is 0 Å². The van der Waals surface area contributed by atoms with Crippen LogP contribution in [0.3, 0.4) is 0 Å². The lowest BCUT2D eigenvalue weighted by atomic mass is 9.87. The van der Waals surface area contributed by atoms with Crippen LogP contribution in [-0.2, 0) is 6.42 Å². The molecule has 1 amide bonds. The van der Waals surface area contributed by atoms with Crippen molar-refractivity contribution < 1.29 is 4.79 Å². The van der Waals surface area contributed by atoms with Crippen molar-refractivity contribution in [3.63, 3.8) is 0 Å². The molecule has 108 valence electrons. The quantitative estimate of drug-likeness (QED) is 0.850. The molecule has 1 aromatic carbocycles. The summed E-state index contributed by atoms with van der Waals surface area (Å²) in [6.45, 7) is 1.86. The van der Waals surface area contributed by atoms with Gasteiger partial charge in [0.25, 0.3) is 5.91 Å². The van der Waals surface area contributed by atoms with Crippen LogP contribution >= 0.6 is 0 Å². The Hall–Kier alpha value is -2.23. The summed E-state index contributed by atoms with van der Waals surface area (Å²) in [5.74, 6) is -0.0656. The summed E-state index contributed by atoms with van der Waals surface area (Å²) in [5, 5.41) is 0. The maximum absolute atomic E-state index is 12.6. The van der Waals surface area contributed by atoms with Crippen LogP contribution in [0.25, 0.3) is 0 Å². The molecule has 4 heteroatoms. The second-order valence-electron chi connectivity index (χ2n) is 5.57. The van der Waals surface area contributed by atoms with E-state index in [2.05, 4.69) is 28.2 Å². The molecule has 0 fully saturated rings. The summed E-state index contributed by atoms with van der Waals surface area (Å²) >= 11 is 0. The molecule has 1 aromatic heterocycles. The third kappa shape index (κ3) is 2.66. The number of carbonyl (C=O) groups excluding carboxylic acids is 1. The lowest BCUT2D eigenvalue weighted by molar-refractivity contribution is 0.0708. The Bertz CT molecular complexity index is 651. The third-order valence-corrected chi connectivity index (χ3v) is 4.13. The third-order valence-electron chi connectivity index (χ3n) is 4.13. The number of fused-ring (bicyclic) bond motifs is 1. The molecule has 3 rings (SSSR count). The van der Waals surface area contributed by atoms with E-state index in [1.807, 2.05) is 20.0 Å². The maximum atomic E-state index is 12.6. The van der Waals surface area contributed by atoms with Crippen molar-refractivity contribution in [1.29, 1.82) is 0 Å². The van der Waals surface area contributed by atoms with E-state index in [0.29, 0.717) is 5.69 Å². The van der Waals surface area contributed by atoms with Crippen LogP contribution in [0.2, 0.25) is 0 Å². The van der Waals surface area contributed by atoms with Crippen LogP contribution in [0.1, 0.15) is 46.2 Å². The zero-order valence-corrected chi connectivity index (χ0v) is 12.4. The molecule has 1 heterocycles. The average molecular weight is 281 g/mol. The van der Waals surface area contributed by atoms with E-state index in [4.69, 9.17) is 0 Å². The Morgan fingerprint density at radius 2 is 2.05 bits per heavy atom. The number of rotatable bonds is 2. The van der Waals surface area contributed by atoms with Gasteiger partial charge in [0.1, 0.15) is 5.69 Å². The fourth-order valence-corrected chi connectivity index (χ4v) is 2.96. The molecule has 0 radical (unpaired) electrons. The van der Waals surface area contributed by atoms with Gasteiger partial charge in [-0.25, -0.2) is 4.98 Å². The van der Waals surface area contributed by atoms with Gasteiger partial charge in [0.2, 0.25) is 0 Å². The second-order valence-corrected chi connectivity index (χ2v) is 5.57. The molecule has 21 heavy (non-hydrogen) atoms. The molecule has 0 saturated heterocycles. The minimum atomic E-state index is -0.0656. The van der Waals surface area contributed by atoms with Crippen LogP contribution in [0.5, 0.6) is 0 Å². The highest BCUT2D eigenvalue weighted by Gasteiger charge is 2.27. The SMILES string of the molecule is Cc1cnc(C(=O)N(C)C2CCCc3ccccc32)cn1. The first-order chi connectivity index (χ1) is 10.2. The molecular weight excluding hydrogens is 262 g/mol. The molecule has 0 spiro atoms. The zero-order valence-electron chi connectivity index (χ0n) is 12.4. The van der Waals surface area contributed by atoms with E-state index in [0.717, 1.165) is 25.0 Å². The monoisotopic (exact) mass is 281 g/mol. The Balaban J connectivity index is 1.87. The number of amides is 1. The summed E-state index contributed by atoms with van der Waals surface area (Å²) in [5.41, 5.74) is 3.84. The van der Waals surface area contributed by atoms with Gasteiger partial charge in [-0.3, -0.25) is 9.78 Å².